The molecule has 0 atom stereocenters. The largest absolute Gasteiger partial charge is 0 e. The van der Waals surface area contributed by atoms with E-state index in [1.807, 2.05) is 0 Å². The Morgan fingerprint density at radius 3 is 1.00 bits per heavy atom. The fourth-order valence-electron chi connectivity index (χ4n) is 0. The van der Waals surface area contributed by atoms with Crippen LogP contribution in [0.5, 0.6) is 0 Å². The molecule has 0 bridgehead atoms. The second kappa shape index (κ2) is 24.1. The SMILES string of the molecule is [Bi].[Cu].[Nd].[Sn].[Zn]. The first-order valence-electron chi connectivity index (χ1n) is 0. The molecule has 0 nitrogen and oxygen atoms in total. The Bertz CT molecular complexity index is 11.6. The van der Waals surface area contributed by atoms with Crippen LogP contribution in [-0.2, 0) is 36.5 Å². The van der Waals surface area contributed by atoms with Crippen LogP contribution in [-0.4, -0.2) is 50.1 Å². The van der Waals surface area contributed by atoms with Crippen molar-refractivity contribution in [3.63, 3.8) is 0 Å². The van der Waals surface area contributed by atoms with Crippen molar-refractivity contribution in [3.05, 3.63) is 0 Å². The van der Waals surface area contributed by atoms with Gasteiger partial charge in [-0.1, -0.05) is 0 Å². The maximum atomic E-state index is 0. The molecular weight excluding hydrogens is 601 g/mol. The predicted molar refractivity (Wildman–Crippen MR) is 11.5 cm³/mol. The molecular formula is BiCuNdSnZn. The van der Waals surface area contributed by atoms with E-state index in [0.717, 1.165) is 0 Å². The molecule has 0 aromatic heterocycles. The molecule has 0 aliphatic rings. The molecule has 0 saturated carbocycles. The van der Waals surface area contributed by atoms with Crippen LogP contribution in [0.4, 0.5) is 0 Å². The molecule has 5 heteroatoms. The van der Waals surface area contributed by atoms with E-state index < -0.39 is 0 Å². The molecule has 8 radical (unpaired) electrons. The third kappa shape index (κ3) is 17.9. The molecule has 0 rings (SSSR count). The fourth-order valence-corrected chi connectivity index (χ4v) is 0. The zero-order valence-corrected chi connectivity index (χ0v) is 15.9. The molecule has 0 aromatic rings. The Morgan fingerprint density at radius 1 is 1.00 bits per heavy atom. The van der Waals surface area contributed by atoms with E-state index in [4.69, 9.17) is 0 Å². The van der Waals surface area contributed by atoms with Crippen molar-refractivity contribution >= 4 is 50.1 Å². The van der Waals surface area contributed by atoms with E-state index in [1.54, 1.807) is 0 Å². The minimum absolute atomic E-state index is 0. The second-order valence-electron chi connectivity index (χ2n) is 0. The Kier molecular flexibility index (Phi) is 170. The topological polar surface area (TPSA) is 0 Å². The van der Waals surface area contributed by atoms with Crippen molar-refractivity contribution in [1.29, 1.82) is 0 Å². The van der Waals surface area contributed by atoms with Crippen LogP contribution >= 0.6 is 0 Å². The molecule has 0 amide bonds. The molecule has 0 spiro atoms. The van der Waals surface area contributed by atoms with Crippen molar-refractivity contribution in [2.24, 2.45) is 0 Å². The van der Waals surface area contributed by atoms with Crippen LogP contribution in [0.1, 0.15) is 0 Å². The van der Waals surface area contributed by atoms with E-state index in [9.17, 15) is 0 Å². The zero-order chi connectivity index (χ0) is 0. The average molecular weight is 601 g/mol. The van der Waals surface area contributed by atoms with Crippen LogP contribution in [0.2, 0.25) is 0 Å². The van der Waals surface area contributed by atoms with Crippen molar-refractivity contribution in [2.45, 2.75) is 0 Å². The number of hydrogen-bond donors (Lipinski definition) is 0. The van der Waals surface area contributed by atoms with E-state index in [-0.39, 0.29) is 127 Å². The summed E-state index contributed by atoms with van der Waals surface area (Å²) in [4.78, 5) is 0. The van der Waals surface area contributed by atoms with Gasteiger partial charge in [-0.2, -0.15) is 0 Å². The van der Waals surface area contributed by atoms with Crippen molar-refractivity contribution in [2.75, 3.05) is 0 Å². The van der Waals surface area contributed by atoms with Gasteiger partial charge in [0, 0.05) is 127 Å². The van der Waals surface area contributed by atoms with Crippen LogP contribution in [0.25, 0.3) is 0 Å². The van der Waals surface area contributed by atoms with Gasteiger partial charge in [0.1, 0.15) is 0 Å². The Balaban J connectivity index is 0. The Labute approximate surface area is 124 Å². The van der Waals surface area contributed by atoms with Crippen LogP contribution < -0.4 is 0 Å². The van der Waals surface area contributed by atoms with Gasteiger partial charge in [-0.25, -0.2) is 0 Å². The smallest absolute Gasteiger partial charge is 0 e. The summed E-state index contributed by atoms with van der Waals surface area (Å²) in [5.41, 5.74) is 0. The van der Waals surface area contributed by atoms with Gasteiger partial charge in [0.2, 0.25) is 0 Å². The monoisotopic (exact) mass is 598 g/mol. The van der Waals surface area contributed by atoms with Gasteiger partial charge < -0.3 is 0 Å². The summed E-state index contributed by atoms with van der Waals surface area (Å²) >= 11 is 0. The normalized spacial score (nSPS) is 0. The van der Waals surface area contributed by atoms with Gasteiger partial charge in [0.05, 0.1) is 0 Å². The van der Waals surface area contributed by atoms with E-state index in [1.165, 1.54) is 0 Å². The van der Waals surface area contributed by atoms with Crippen LogP contribution in [0.15, 0.2) is 0 Å². The quantitative estimate of drug-likeness (QED) is 0.321. The Morgan fingerprint density at radius 2 is 1.00 bits per heavy atom. The minimum atomic E-state index is 0. The van der Waals surface area contributed by atoms with Gasteiger partial charge in [0.25, 0.3) is 0 Å². The summed E-state index contributed by atoms with van der Waals surface area (Å²) in [6, 6.07) is 0. The molecule has 0 aliphatic carbocycles. The second-order valence-corrected chi connectivity index (χ2v) is 0. The van der Waals surface area contributed by atoms with Crippen molar-refractivity contribution < 1.29 is 77.4 Å². The summed E-state index contributed by atoms with van der Waals surface area (Å²) in [6.07, 6.45) is 0. The standard InChI is InChI=1S/Bi.Cu.Nd.Sn.Zn. The average Bonchev–Trinajstić information content (AvgIpc) is 0. The molecule has 0 saturated heterocycles. The fraction of sp³-hybridized carbons (Fsp3) is 0. The molecule has 26 valence electrons. The molecule has 0 unspecified atom stereocenters. The van der Waals surface area contributed by atoms with Gasteiger partial charge in [-0.15, -0.1) is 0 Å². The zero-order valence-electron chi connectivity index (χ0n) is 2.46. The number of rotatable bonds is 0. The first-order valence-corrected chi connectivity index (χ1v) is 0. The minimum Gasteiger partial charge on any atom is 0 e. The van der Waals surface area contributed by atoms with Gasteiger partial charge >= 0.3 is 0 Å². The Hall–Kier alpha value is 4.18. The maximum absolute atomic E-state index is 0. The van der Waals surface area contributed by atoms with Gasteiger partial charge in [0.15, 0.2) is 0 Å². The van der Waals surface area contributed by atoms with Gasteiger partial charge in [-0.3, -0.25) is 0 Å². The van der Waals surface area contributed by atoms with Crippen LogP contribution in [0.3, 0.4) is 0 Å². The van der Waals surface area contributed by atoms with E-state index in [2.05, 4.69) is 0 Å². The summed E-state index contributed by atoms with van der Waals surface area (Å²) in [6.45, 7) is 0. The molecule has 0 fully saturated rings. The van der Waals surface area contributed by atoms with Crippen molar-refractivity contribution in [3.8, 4) is 0 Å². The molecule has 0 N–H and O–H groups in total. The molecule has 5 heavy (non-hydrogen) atoms. The van der Waals surface area contributed by atoms with Gasteiger partial charge in [-0.05, 0) is 0 Å². The molecule has 0 heterocycles. The van der Waals surface area contributed by atoms with E-state index >= 15 is 0 Å². The summed E-state index contributed by atoms with van der Waals surface area (Å²) in [5.74, 6) is 0. The molecule has 0 aliphatic heterocycles. The summed E-state index contributed by atoms with van der Waals surface area (Å²) in [5, 5.41) is 0. The number of hydrogen-bond acceptors (Lipinski definition) is 0. The first-order chi connectivity index (χ1) is 0. The van der Waals surface area contributed by atoms with Crippen molar-refractivity contribution in [1.82, 2.24) is 0 Å². The molecule has 0 aromatic carbocycles. The maximum Gasteiger partial charge on any atom is 0 e. The van der Waals surface area contributed by atoms with E-state index in [0.29, 0.717) is 0 Å². The summed E-state index contributed by atoms with van der Waals surface area (Å²) in [7, 11) is 0. The summed E-state index contributed by atoms with van der Waals surface area (Å²) < 4.78 is 0. The first kappa shape index (κ1) is 35.2. The third-order valence-electron chi connectivity index (χ3n) is 0. The third-order valence-corrected chi connectivity index (χ3v) is 0. The predicted octanol–water partition coefficient (Wildman–Crippen LogP) is -0.767. The van der Waals surface area contributed by atoms with Crippen LogP contribution in [0, 0.1) is 40.8 Å².